The first-order valence-electron chi connectivity index (χ1n) is 9.81. The van der Waals surface area contributed by atoms with Crippen molar-refractivity contribution in [2.45, 2.75) is 83.7 Å². The van der Waals surface area contributed by atoms with Gasteiger partial charge in [-0.3, -0.25) is 0 Å². The second-order valence-corrected chi connectivity index (χ2v) is 7.92. The molecule has 1 aliphatic carbocycles. The molecule has 5 nitrogen and oxygen atoms in total. The summed E-state index contributed by atoms with van der Waals surface area (Å²) in [6.45, 7) is 5.37. The van der Waals surface area contributed by atoms with E-state index in [1.165, 1.54) is 57.8 Å². The van der Waals surface area contributed by atoms with E-state index >= 15 is 0 Å². The van der Waals surface area contributed by atoms with E-state index in [2.05, 4.69) is 33.5 Å². The van der Waals surface area contributed by atoms with Gasteiger partial charge in [-0.25, -0.2) is 4.98 Å². The van der Waals surface area contributed by atoms with Gasteiger partial charge >= 0.3 is 0 Å². The predicted octanol–water partition coefficient (Wildman–Crippen LogP) is 4.17. The molecule has 1 saturated heterocycles. The van der Waals surface area contributed by atoms with Gasteiger partial charge in [0.25, 0.3) is 0 Å². The second-order valence-electron chi connectivity index (χ2n) is 7.52. The van der Waals surface area contributed by atoms with Gasteiger partial charge in [-0.15, -0.1) is 0 Å². The number of hydrogen-bond acceptors (Lipinski definition) is 4. The Hall–Kier alpha value is -1.43. The monoisotopic (exact) mass is 361 g/mol. The van der Waals surface area contributed by atoms with E-state index in [1.54, 1.807) is 0 Å². The van der Waals surface area contributed by atoms with Crippen molar-refractivity contribution in [2.24, 2.45) is 0 Å². The minimum atomic E-state index is 0.480. The number of anilines is 2. The lowest BCUT2D eigenvalue weighted by molar-refractivity contribution is 0.481. The van der Waals surface area contributed by atoms with Crippen LogP contribution in [0.2, 0.25) is 0 Å². The standard InChI is InChI=1S/C19H31N5S/c1-14-13-17(24-12-8-7-9-15(24)2)22-18(20-14)23-19(25)21-16-10-5-3-4-6-11-16/h13,15-16H,3-12H2,1-2H3,(H2,20,21,22,23,25)/t15-/m1/s1. The summed E-state index contributed by atoms with van der Waals surface area (Å²) in [5.74, 6) is 1.62. The SMILES string of the molecule is Cc1cc(N2CCCC[C@H]2C)nc(NC(=S)NC2CCCCCC2)n1. The maximum absolute atomic E-state index is 5.51. The third kappa shape index (κ3) is 5.27. The van der Waals surface area contributed by atoms with Crippen LogP contribution in [0.4, 0.5) is 11.8 Å². The molecule has 3 rings (SSSR count). The van der Waals surface area contributed by atoms with Crippen LogP contribution in [-0.2, 0) is 0 Å². The number of aryl methyl sites for hydroxylation is 1. The summed E-state index contributed by atoms with van der Waals surface area (Å²) in [5, 5.41) is 7.33. The summed E-state index contributed by atoms with van der Waals surface area (Å²) in [6, 6.07) is 3.09. The normalized spacial score (nSPS) is 22.3. The molecule has 6 heteroatoms. The molecule has 2 heterocycles. The number of aromatic nitrogens is 2. The molecule has 2 aliphatic rings. The summed E-state index contributed by atoms with van der Waals surface area (Å²) in [7, 11) is 0. The zero-order chi connectivity index (χ0) is 17.6. The van der Waals surface area contributed by atoms with Gasteiger partial charge in [0.2, 0.25) is 5.95 Å². The van der Waals surface area contributed by atoms with Crippen LogP contribution in [0.5, 0.6) is 0 Å². The molecule has 0 aromatic carbocycles. The van der Waals surface area contributed by atoms with Crippen molar-refractivity contribution in [1.82, 2.24) is 15.3 Å². The van der Waals surface area contributed by atoms with E-state index in [-0.39, 0.29) is 0 Å². The van der Waals surface area contributed by atoms with Crippen molar-refractivity contribution >= 4 is 29.1 Å². The first kappa shape index (κ1) is 18.4. The zero-order valence-corrected chi connectivity index (χ0v) is 16.4. The van der Waals surface area contributed by atoms with E-state index in [0.29, 0.717) is 23.1 Å². The Kier molecular flexibility index (Phi) is 6.45. The second kappa shape index (κ2) is 8.79. The highest BCUT2D eigenvalue weighted by Gasteiger charge is 2.21. The van der Waals surface area contributed by atoms with Gasteiger partial charge in [-0.2, -0.15) is 4.98 Å². The van der Waals surface area contributed by atoms with Gasteiger partial charge in [0.1, 0.15) is 5.82 Å². The molecule has 0 radical (unpaired) electrons. The summed E-state index contributed by atoms with van der Waals surface area (Å²) in [6.07, 6.45) is 11.4. The van der Waals surface area contributed by atoms with E-state index in [0.717, 1.165) is 18.1 Å². The molecule has 1 aliphatic heterocycles. The van der Waals surface area contributed by atoms with Crippen LogP contribution in [0.3, 0.4) is 0 Å². The average molecular weight is 362 g/mol. The van der Waals surface area contributed by atoms with E-state index in [4.69, 9.17) is 17.2 Å². The molecule has 1 saturated carbocycles. The number of rotatable bonds is 3. The molecule has 0 bridgehead atoms. The lowest BCUT2D eigenvalue weighted by Crippen LogP contribution is -2.39. The van der Waals surface area contributed by atoms with E-state index < -0.39 is 0 Å². The Morgan fingerprint density at radius 2 is 1.80 bits per heavy atom. The minimum absolute atomic E-state index is 0.480. The van der Waals surface area contributed by atoms with Crippen LogP contribution in [-0.4, -0.2) is 33.7 Å². The van der Waals surface area contributed by atoms with Crippen LogP contribution < -0.4 is 15.5 Å². The number of thiocarbonyl (C=S) groups is 1. The molecule has 2 fully saturated rings. The highest BCUT2D eigenvalue weighted by atomic mass is 32.1. The molecule has 0 spiro atoms. The van der Waals surface area contributed by atoms with Crippen LogP contribution in [0.25, 0.3) is 0 Å². The van der Waals surface area contributed by atoms with Crippen molar-refractivity contribution in [2.75, 3.05) is 16.8 Å². The first-order valence-corrected chi connectivity index (χ1v) is 10.2. The molecule has 1 aromatic rings. The maximum Gasteiger partial charge on any atom is 0.231 e. The van der Waals surface area contributed by atoms with Crippen molar-refractivity contribution in [1.29, 1.82) is 0 Å². The maximum atomic E-state index is 5.51. The Labute approximate surface area is 157 Å². The van der Waals surface area contributed by atoms with Gasteiger partial charge < -0.3 is 15.5 Å². The smallest absolute Gasteiger partial charge is 0.231 e. The van der Waals surface area contributed by atoms with Gasteiger partial charge in [0.15, 0.2) is 5.11 Å². The summed E-state index contributed by atoms with van der Waals surface area (Å²) in [4.78, 5) is 11.7. The van der Waals surface area contributed by atoms with Crippen LogP contribution in [0.1, 0.15) is 70.4 Å². The first-order chi connectivity index (χ1) is 12.1. The summed E-state index contributed by atoms with van der Waals surface area (Å²) < 4.78 is 0. The van der Waals surface area contributed by atoms with Gasteiger partial charge in [0.05, 0.1) is 0 Å². The van der Waals surface area contributed by atoms with Crippen LogP contribution >= 0.6 is 12.2 Å². The van der Waals surface area contributed by atoms with Crippen molar-refractivity contribution < 1.29 is 0 Å². The lowest BCUT2D eigenvalue weighted by atomic mass is 10.0. The van der Waals surface area contributed by atoms with Crippen molar-refractivity contribution in [3.05, 3.63) is 11.8 Å². The van der Waals surface area contributed by atoms with Gasteiger partial charge in [0, 0.05) is 30.4 Å². The molecular weight excluding hydrogens is 330 g/mol. The highest BCUT2D eigenvalue weighted by molar-refractivity contribution is 7.80. The minimum Gasteiger partial charge on any atom is -0.360 e. The number of nitrogens with one attached hydrogen (secondary N) is 2. The number of piperidine rings is 1. The fourth-order valence-corrected chi connectivity index (χ4v) is 4.20. The van der Waals surface area contributed by atoms with Gasteiger partial charge in [-0.05, 0) is 58.2 Å². The number of hydrogen-bond donors (Lipinski definition) is 2. The van der Waals surface area contributed by atoms with Crippen LogP contribution in [0, 0.1) is 6.92 Å². The van der Waals surface area contributed by atoms with Crippen LogP contribution in [0.15, 0.2) is 6.07 Å². The number of nitrogens with zero attached hydrogens (tertiary/aromatic N) is 3. The Morgan fingerprint density at radius 1 is 1.08 bits per heavy atom. The Balaban J connectivity index is 1.64. The fraction of sp³-hybridized carbons (Fsp3) is 0.737. The molecule has 138 valence electrons. The van der Waals surface area contributed by atoms with Crippen molar-refractivity contribution in [3.63, 3.8) is 0 Å². The van der Waals surface area contributed by atoms with Crippen molar-refractivity contribution in [3.8, 4) is 0 Å². The molecule has 25 heavy (non-hydrogen) atoms. The molecule has 0 unspecified atom stereocenters. The predicted molar refractivity (Wildman–Crippen MR) is 108 cm³/mol. The third-order valence-corrected chi connectivity index (χ3v) is 5.57. The largest absolute Gasteiger partial charge is 0.360 e. The summed E-state index contributed by atoms with van der Waals surface area (Å²) in [5.41, 5.74) is 0.975. The summed E-state index contributed by atoms with van der Waals surface area (Å²) >= 11 is 5.51. The van der Waals surface area contributed by atoms with E-state index in [1.807, 2.05) is 6.92 Å². The molecule has 0 amide bonds. The highest BCUT2D eigenvalue weighted by Crippen LogP contribution is 2.24. The molecule has 2 N–H and O–H groups in total. The molecular formula is C19H31N5S. The fourth-order valence-electron chi connectivity index (χ4n) is 3.94. The topological polar surface area (TPSA) is 53.1 Å². The van der Waals surface area contributed by atoms with Gasteiger partial charge in [-0.1, -0.05) is 25.7 Å². The average Bonchev–Trinajstić information content (AvgIpc) is 2.83. The zero-order valence-electron chi connectivity index (χ0n) is 15.6. The Morgan fingerprint density at radius 3 is 2.52 bits per heavy atom. The van der Waals surface area contributed by atoms with E-state index in [9.17, 15) is 0 Å². The lowest BCUT2D eigenvalue weighted by Gasteiger charge is -2.34. The molecule has 1 atom stereocenters. The molecule has 1 aromatic heterocycles. The quantitative estimate of drug-likeness (QED) is 0.622. The third-order valence-electron chi connectivity index (χ3n) is 5.35. The Bertz CT molecular complexity index is 583.